The zero-order valence-corrected chi connectivity index (χ0v) is 14.5. The highest BCUT2D eigenvalue weighted by Gasteiger charge is 2.17. The van der Waals surface area contributed by atoms with E-state index in [4.69, 9.17) is 4.84 Å². The number of benzene rings is 2. The summed E-state index contributed by atoms with van der Waals surface area (Å²) in [7, 11) is 0. The van der Waals surface area contributed by atoms with Crippen LogP contribution in [0.2, 0.25) is 0 Å². The zero-order chi connectivity index (χ0) is 16.6. The van der Waals surface area contributed by atoms with Gasteiger partial charge in [0.1, 0.15) is 12.8 Å². The summed E-state index contributed by atoms with van der Waals surface area (Å²) in [5, 5.41) is 4.08. The molecule has 0 aliphatic heterocycles. The minimum absolute atomic E-state index is 0.489. The van der Waals surface area contributed by atoms with Gasteiger partial charge in [-0.3, -0.25) is 0 Å². The first kappa shape index (κ1) is 16.8. The van der Waals surface area contributed by atoms with Gasteiger partial charge in [0, 0.05) is 5.56 Å². The topological polar surface area (TPSA) is 21.6 Å². The van der Waals surface area contributed by atoms with Gasteiger partial charge in [0.15, 0.2) is 0 Å². The maximum atomic E-state index is 5.45. The summed E-state index contributed by atoms with van der Waals surface area (Å²) < 4.78 is 0. The van der Waals surface area contributed by atoms with Crippen molar-refractivity contribution in [2.45, 2.75) is 58.0 Å². The van der Waals surface area contributed by atoms with E-state index in [1.807, 2.05) is 6.07 Å². The fourth-order valence-corrected chi connectivity index (χ4v) is 3.43. The van der Waals surface area contributed by atoms with Crippen molar-refractivity contribution in [2.24, 2.45) is 5.16 Å². The van der Waals surface area contributed by atoms with Crippen LogP contribution < -0.4 is 0 Å². The van der Waals surface area contributed by atoms with E-state index in [1.165, 1.54) is 43.2 Å². The Labute approximate surface area is 145 Å². The second kappa shape index (κ2) is 8.68. The Morgan fingerprint density at radius 3 is 2.42 bits per heavy atom. The molecule has 125 valence electrons. The number of hydrogen-bond acceptors (Lipinski definition) is 2. The third-order valence-electron chi connectivity index (χ3n) is 4.90. The average molecular weight is 320 g/mol. The Morgan fingerprint density at radius 2 is 1.67 bits per heavy atom. The van der Waals surface area contributed by atoms with Crippen molar-refractivity contribution >= 4 is 6.21 Å². The molecule has 0 heterocycles. The molecule has 0 spiro atoms. The smallest absolute Gasteiger partial charge is 0.142 e. The highest BCUT2D eigenvalue weighted by Crippen LogP contribution is 2.33. The van der Waals surface area contributed by atoms with Crippen LogP contribution in [0, 0.1) is 0 Å². The Morgan fingerprint density at radius 1 is 0.958 bits per heavy atom. The van der Waals surface area contributed by atoms with Gasteiger partial charge in [-0.2, -0.15) is 0 Å². The van der Waals surface area contributed by atoms with E-state index in [0.717, 1.165) is 17.5 Å². The maximum absolute atomic E-state index is 5.45. The molecule has 3 rings (SSSR count). The van der Waals surface area contributed by atoms with Crippen molar-refractivity contribution in [1.82, 2.24) is 0 Å². The molecule has 0 atom stereocenters. The Kier molecular flexibility index (Phi) is 6.06. The molecule has 1 saturated carbocycles. The first-order chi connectivity index (χ1) is 11.9. The van der Waals surface area contributed by atoms with Crippen LogP contribution in [0.3, 0.4) is 0 Å². The molecule has 2 aromatic rings. The Hall–Kier alpha value is -2.09. The lowest BCUT2D eigenvalue weighted by Crippen LogP contribution is -2.07. The lowest BCUT2D eigenvalue weighted by Gasteiger charge is -2.23. The molecule has 1 aliphatic rings. The summed E-state index contributed by atoms with van der Waals surface area (Å²) in [6, 6.07) is 17.0. The van der Waals surface area contributed by atoms with Crippen molar-refractivity contribution in [3.05, 3.63) is 70.8 Å². The largest absolute Gasteiger partial charge is 0.390 e. The molecule has 2 heteroatoms. The quantitative estimate of drug-likeness (QED) is 0.492. The fourth-order valence-electron chi connectivity index (χ4n) is 3.43. The van der Waals surface area contributed by atoms with Gasteiger partial charge in [-0.25, -0.2) is 0 Å². The predicted molar refractivity (Wildman–Crippen MR) is 99.4 cm³/mol. The van der Waals surface area contributed by atoms with E-state index < -0.39 is 0 Å². The average Bonchev–Trinajstić information content (AvgIpc) is 2.67. The minimum Gasteiger partial charge on any atom is -0.390 e. The van der Waals surface area contributed by atoms with Gasteiger partial charge in [-0.05, 0) is 41.9 Å². The molecule has 1 radical (unpaired) electrons. The third-order valence-corrected chi connectivity index (χ3v) is 4.90. The summed E-state index contributed by atoms with van der Waals surface area (Å²) in [5.41, 5.74) is 4.93. The van der Waals surface area contributed by atoms with E-state index >= 15 is 0 Å². The molecular formula is C22H26NO. The first-order valence-corrected chi connectivity index (χ1v) is 9.11. The second-order valence-corrected chi connectivity index (χ2v) is 6.57. The number of nitrogens with zero attached hydrogens (tertiary/aromatic N) is 1. The molecule has 1 fully saturated rings. The summed E-state index contributed by atoms with van der Waals surface area (Å²) in [6.45, 7) is 2.65. The van der Waals surface area contributed by atoms with Crippen LogP contribution in [-0.4, -0.2) is 6.21 Å². The Balaban J connectivity index is 1.59. The second-order valence-electron chi connectivity index (χ2n) is 6.57. The highest BCUT2D eigenvalue weighted by molar-refractivity contribution is 5.81. The fraction of sp³-hybridized carbons (Fsp3) is 0.409. The minimum atomic E-state index is 0.489. The molecule has 0 aromatic heterocycles. The standard InChI is InChI=1S/C22H26NO/c1-2-18-12-14-19(15-13-18)17-24-23-16-21-10-6-7-11-22(21)20-8-4-3-5-9-20/h6-7,10-15,20H,2-5,8-9,17H2,1H3. The normalized spacial score (nSPS) is 15.7. The van der Waals surface area contributed by atoms with Crippen molar-refractivity contribution in [2.75, 3.05) is 0 Å². The molecule has 0 bridgehead atoms. The highest BCUT2D eigenvalue weighted by atomic mass is 16.6. The molecule has 0 N–H and O–H groups in total. The van der Waals surface area contributed by atoms with Gasteiger partial charge in [0.2, 0.25) is 0 Å². The van der Waals surface area contributed by atoms with Gasteiger partial charge in [0.25, 0.3) is 0 Å². The molecular weight excluding hydrogens is 294 g/mol. The molecule has 2 nitrogen and oxygen atoms in total. The van der Waals surface area contributed by atoms with Gasteiger partial charge < -0.3 is 4.84 Å². The summed E-state index contributed by atoms with van der Waals surface area (Å²) in [5.74, 6) is 0.652. The number of rotatable bonds is 6. The van der Waals surface area contributed by atoms with E-state index in [1.54, 1.807) is 0 Å². The van der Waals surface area contributed by atoms with Crippen LogP contribution in [-0.2, 0) is 17.9 Å². The Bertz CT molecular complexity index is 654. The van der Waals surface area contributed by atoms with E-state index in [2.05, 4.69) is 60.8 Å². The third kappa shape index (κ3) is 4.47. The lowest BCUT2D eigenvalue weighted by atomic mass is 9.82. The number of hydrogen-bond donors (Lipinski definition) is 0. The first-order valence-electron chi connectivity index (χ1n) is 9.11. The van der Waals surface area contributed by atoms with Crippen LogP contribution in [0.1, 0.15) is 67.2 Å². The SMILES string of the molecule is CCc1ccc(CO/N=[C]\c2ccccc2C2CCCCC2)cc1. The van der Waals surface area contributed by atoms with Crippen LogP contribution in [0.25, 0.3) is 0 Å². The molecule has 0 unspecified atom stereocenters. The van der Waals surface area contributed by atoms with Crippen LogP contribution in [0.5, 0.6) is 0 Å². The van der Waals surface area contributed by atoms with Gasteiger partial charge in [-0.15, -0.1) is 0 Å². The summed E-state index contributed by atoms with van der Waals surface area (Å²) in [6.07, 6.45) is 10.8. The molecule has 24 heavy (non-hydrogen) atoms. The summed E-state index contributed by atoms with van der Waals surface area (Å²) >= 11 is 0. The van der Waals surface area contributed by atoms with E-state index in [-0.39, 0.29) is 0 Å². The lowest BCUT2D eigenvalue weighted by molar-refractivity contribution is 0.132. The molecule has 2 aromatic carbocycles. The van der Waals surface area contributed by atoms with Crippen LogP contribution >= 0.6 is 0 Å². The zero-order valence-electron chi connectivity index (χ0n) is 14.5. The van der Waals surface area contributed by atoms with Crippen molar-refractivity contribution in [1.29, 1.82) is 0 Å². The van der Waals surface area contributed by atoms with Crippen molar-refractivity contribution in [3.8, 4) is 0 Å². The van der Waals surface area contributed by atoms with Gasteiger partial charge >= 0.3 is 0 Å². The van der Waals surface area contributed by atoms with Gasteiger partial charge in [-0.1, -0.05) is 79.9 Å². The number of aryl methyl sites for hydroxylation is 1. The van der Waals surface area contributed by atoms with E-state index in [9.17, 15) is 0 Å². The summed E-state index contributed by atoms with van der Waals surface area (Å²) in [4.78, 5) is 5.45. The van der Waals surface area contributed by atoms with Crippen LogP contribution in [0.15, 0.2) is 53.7 Å². The molecule has 0 amide bonds. The molecule has 1 aliphatic carbocycles. The predicted octanol–water partition coefficient (Wildman–Crippen LogP) is 5.72. The van der Waals surface area contributed by atoms with E-state index in [0.29, 0.717) is 12.5 Å². The van der Waals surface area contributed by atoms with Crippen molar-refractivity contribution in [3.63, 3.8) is 0 Å². The molecule has 0 saturated heterocycles. The van der Waals surface area contributed by atoms with Gasteiger partial charge in [0.05, 0.1) is 0 Å². The van der Waals surface area contributed by atoms with Crippen molar-refractivity contribution < 1.29 is 4.84 Å². The monoisotopic (exact) mass is 320 g/mol. The maximum Gasteiger partial charge on any atom is 0.142 e. The van der Waals surface area contributed by atoms with Crippen LogP contribution in [0.4, 0.5) is 0 Å².